The smallest absolute Gasteiger partial charge is 0.228 e. The highest BCUT2D eigenvalue weighted by Gasteiger charge is 2.29. The molecule has 0 atom stereocenters. The number of furan rings is 4. The Bertz CT molecular complexity index is 8670. The van der Waals surface area contributed by atoms with Gasteiger partial charge in [-0.1, -0.05) is 223 Å². The number of benzene rings is 11. The van der Waals surface area contributed by atoms with E-state index in [9.17, 15) is 0 Å². The van der Waals surface area contributed by atoms with Gasteiger partial charge in [-0.15, -0.1) is 0 Å². The Morgan fingerprint density at radius 2 is 0.645 bits per heavy atom. The lowest BCUT2D eigenvalue weighted by atomic mass is 9.95. The molecule has 23 rings (SSSR count). The zero-order valence-electron chi connectivity index (χ0n) is 79.6. The maximum absolute atomic E-state index is 8.21. The molecule has 0 fully saturated rings. The zero-order chi connectivity index (χ0) is 92.5. The average Bonchev–Trinajstić information content (AvgIpc) is 1.58. The first kappa shape index (κ1) is 67.6. The van der Waals surface area contributed by atoms with Crippen LogP contribution < -0.4 is 18.3 Å². The molecule has 11 aromatic carbocycles. The van der Waals surface area contributed by atoms with Gasteiger partial charge in [0.05, 0.1) is 43.8 Å². The summed E-state index contributed by atoms with van der Waals surface area (Å²) >= 11 is 0. The summed E-state index contributed by atoms with van der Waals surface area (Å²) in [4.78, 5) is 18.5. The number of hydrogen-bond acceptors (Lipinski definition) is 8. The average molecular weight is 1620 g/mol. The van der Waals surface area contributed by atoms with E-state index in [4.69, 9.17) is 35.0 Å². The fourth-order valence-electron chi connectivity index (χ4n) is 18.0. The molecule has 0 saturated carbocycles. The van der Waals surface area contributed by atoms with Crippen LogP contribution in [0.5, 0.6) is 0 Å². The van der Waals surface area contributed by atoms with Crippen LogP contribution in [0.4, 0.5) is 0 Å². The van der Waals surface area contributed by atoms with Crippen molar-refractivity contribution in [3.05, 3.63) is 360 Å². The van der Waals surface area contributed by atoms with Crippen molar-refractivity contribution in [1.29, 1.82) is 0 Å². The van der Waals surface area contributed by atoms with Crippen molar-refractivity contribution in [3.8, 4) is 78.4 Å². The number of hydrogen-bond donors (Lipinski definition) is 0. The van der Waals surface area contributed by atoms with Crippen LogP contribution in [-0.2, 0) is 28.2 Å². The quantitative estimate of drug-likeness (QED) is 0.145. The van der Waals surface area contributed by atoms with Crippen LogP contribution in [0.15, 0.2) is 322 Å². The lowest BCUT2D eigenvalue weighted by molar-refractivity contribution is -0.660. The molecule has 23 aromatic rings. The number of fused-ring (bicyclic) bond motifs is 20. The summed E-state index contributed by atoms with van der Waals surface area (Å²) in [6.07, 6.45) is 12.8. The van der Waals surface area contributed by atoms with E-state index in [2.05, 4.69) is 169 Å². The lowest BCUT2D eigenvalue weighted by Gasteiger charge is -2.10. The Labute approximate surface area is 731 Å². The maximum atomic E-state index is 8.21. The monoisotopic (exact) mass is 1620 g/mol. The van der Waals surface area contributed by atoms with Crippen molar-refractivity contribution in [2.75, 3.05) is 0 Å². The van der Waals surface area contributed by atoms with E-state index in [-0.39, 0.29) is 0 Å². The van der Waals surface area contributed by atoms with Crippen molar-refractivity contribution in [2.24, 2.45) is 28.2 Å². The van der Waals surface area contributed by atoms with Gasteiger partial charge in [-0.3, -0.25) is 0 Å². The highest BCUT2D eigenvalue weighted by molar-refractivity contribution is 6.23. The topological polar surface area (TPSA) is 120 Å². The Morgan fingerprint density at radius 3 is 1.08 bits per heavy atom. The third kappa shape index (κ3) is 13.5. The summed E-state index contributed by atoms with van der Waals surface area (Å²) in [7, 11) is 7.72. The van der Waals surface area contributed by atoms with E-state index in [0.717, 1.165) is 187 Å². The molecular weight excluding hydrogens is 1520 g/mol. The molecule has 12 aromatic heterocycles. The molecule has 0 bridgehead atoms. The molecule has 0 saturated heterocycles. The van der Waals surface area contributed by atoms with Gasteiger partial charge < -0.3 is 17.7 Å². The van der Waals surface area contributed by atoms with Crippen molar-refractivity contribution in [3.63, 3.8) is 0 Å². The van der Waals surface area contributed by atoms with Crippen molar-refractivity contribution >= 4 is 131 Å². The molecular formula is C112H92N8O4+4. The van der Waals surface area contributed by atoms with Crippen LogP contribution in [0.25, 0.3) is 210 Å². The third-order valence-corrected chi connectivity index (χ3v) is 24.4. The Balaban J connectivity index is 0.000000111. The molecule has 0 N–H and O–H groups in total. The van der Waals surface area contributed by atoms with E-state index in [1.54, 1.807) is 18.6 Å². The summed E-state index contributed by atoms with van der Waals surface area (Å²) in [5.41, 5.74) is 26.6. The second-order valence-electron chi connectivity index (χ2n) is 32.6. The molecule has 0 spiro atoms. The van der Waals surface area contributed by atoms with Crippen LogP contribution in [0, 0.1) is 69.0 Å². The van der Waals surface area contributed by atoms with Gasteiger partial charge >= 0.3 is 0 Å². The first-order valence-corrected chi connectivity index (χ1v) is 41.5. The van der Waals surface area contributed by atoms with Gasteiger partial charge in [0.15, 0.2) is 41.5 Å². The molecule has 0 radical (unpaired) electrons. The minimum Gasteiger partial charge on any atom is -0.438 e. The minimum atomic E-state index is -2.25. The first-order valence-electron chi connectivity index (χ1n) is 46.0. The van der Waals surface area contributed by atoms with Gasteiger partial charge in [0, 0.05) is 127 Å². The first-order chi connectivity index (χ1) is 63.9. The van der Waals surface area contributed by atoms with E-state index in [1.807, 2.05) is 227 Å². The molecule has 600 valence electrons. The number of rotatable bonds is 7. The number of aromatic nitrogens is 8. The third-order valence-electron chi connectivity index (χ3n) is 24.4. The van der Waals surface area contributed by atoms with Crippen LogP contribution in [0.1, 0.15) is 68.1 Å². The van der Waals surface area contributed by atoms with E-state index in [1.165, 1.54) is 22.2 Å². The molecule has 0 amide bonds. The summed E-state index contributed by atoms with van der Waals surface area (Å²) in [6, 6.07) is 87.6. The highest BCUT2D eigenvalue weighted by Crippen LogP contribution is 2.46. The molecule has 12 nitrogen and oxygen atoms in total. The molecule has 124 heavy (non-hydrogen) atoms. The Morgan fingerprint density at radius 1 is 0.274 bits per heavy atom. The van der Waals surface area contributed by atoms with Gasteiger partial charge in [0.1, 0.15) is 33.8 Å². The van der Waals surface area contributed by atoms with Crippen molar-refractivity contribution in [1.82, 2.24) is 19.9 Å². The Hall–Kier alpha value is -15.1. The van der Waals surface area contributed by atoms with Crippen LogP contribution in [0.2, 0.25) is 0 Å². The largest absolute Gasteiger partial charge is 0.438 e. The van der Waals surface area contributed by atoms with Crippen LogP contribution in [0.3, 0.4) is 0 Å². The molecule has 0 aliphatic carbocycles. The van der Waals surface area contributed by atoms with Gasteiger partial charge in [-0.25, -0.2) is 38.2 Å². The van der Waals surface area contributed by atoms with E-state index >= 15 is 0 Å². The standard InChI is InChI=1S/C31H27N2O.C30H25N2O.C29H23N2O.C22H17N2O/c1-18-10-13-22(14-11-18)26-16-27(33(5)17-20(26)3)28-19(2)12-15-25-29-24-9-7-6-8-23(24)21(4)32-31(29)34-30(25)28;1-18-9-12-21(13-10-18)25-15-26(32(4)17-20(25)3)27-19(2)11-14-24-28-23-8-6-5-7-22(23)16-31-30(28)33-29(24)27;1-18-13-14-23-27-22-12-8-7-11-21(22)16-30-29(27)32-28(23)26(18)25-15-24(19(2)17-31(25)3)20-9-5-4-6-10-20;1-14-11-18-20(12-17(14)19-9-5-6-10-24(19)2)25-22-21(18)16-8-4-3-7-15(16)13-23-22/h6-17H,1-5H3;5-17H,1-4H3;4-17H,1-3H3;3-13H,1-2H3/q4*+1/i2*3D3;2D3;. The predicted molar refractivity (Wildman–Crippen MR) is 506 cm³/mol. The number of nitrogens with zero attached hydrogens (tertiary/aromatic N) is 8. The highest BCUT2D eigenvalue weighted by atomic mass is 16.4. The van der Waals surface area contributed by atoms with Crippen molar-refractivity contribution in [2.45, 2.75) is 69.0 Å². The molecule has 0 aliphatic rings. The number of pyridine rings is 8. The SMILES string of the molecule is Cc1cc2c(cc1-c1cccc[n+]1C)oc1ncc3ccccc3c12.[2H]C([2H])([2H])c1c[n+](C)c(-c2c(C)ccc3c2oc2nc(C)c4ccccc4c23)cc1-c1ccc(C)cc1.[2H]C([2H])([2H])c1c[n+](C)c(-c2c(C)ccc3c2oc2ncc4ccccc4c23)cc1-c1ccc(C)cc1.[2H]C([2H])([2H])c1c[n+](C)c(-c2c(C)ccc3c2oc2ncc4ccccc4c23)cc1-c1ccccc1. The van der Waals surface area contributed by atoms with Gasteiger partial charge in [0.25, 0.3) is 0 Å². The predicted octanol–water partition coefficient (Wildman–Crippen LogP) is 26.6. The number of aryl methyl sites for hydroxylation is 14. The van der Waals surface area contributed by atoms with E-state index < -0.39 is 20.6 Å². The second-order valence-corrected chi connectivity index (χ2v) is 32.6. The van der Waals surface area contributed by atoms with Crippen LogP contribution >= 0.6 is 0 Å². The van der Waals surface area contributed by atoms with Crippen molar-refractivity contribution < 1.29 is 48.3 Å². The fourth-order valence-corrected chi connectivity index (χ4v) is 18.0. The zero-order valence-corrected chi connectivity index (χ0v) is 70.6. The molecule has 12 heteroatoms. The summed E-state index contributed by atoms with van der Waals surface area (Å²) < 4.78 is 107. The van der Waals surface area contributed by atoms with Gasteiger partial charge in [-0.05, 0) is 164 Å². The molecule has 0 aliphatic heterocycles. The fraction of sp³-hybridized carbons (Fsp3) is 0.125. The minimum absolute atomic E-state index is 0.317. The summed E-state index contributed by atoms with van der Waals surface area (Å²) in [5, 5.41) is 17.0. The summed E-state index contributed by atoms with van der Waals surface area (Å²) in [6.45, 7) is 7.61. The second kappa shape index (κ2) is 31.1. The Kier molecular flexibility index (Phi) is 17.0. The lowest BCUT2D eigenvalue weighted by Crippen LogP contribution is -2.31. The normalized spacial score (nSPS) is 13.0. The summed E-state index contributed by atoms with van der Waals surface area (Å²) in [5.74, 6) is 0. The van der Waals surface area contributed by atoms with Gasteiger partial charge in [0.2, 0.25) is 45.6 Å². The van der Waals surface area contributed by atoms with Crippen LogP contribution in [-0.4, -0.2) is 19.9 Å². The molecule has 12 heterocycles. The van der Waals surface area contributed by atoms with Gasteiger partial charge in [-0.2, -0.15) is 0 Å². The molecule has 0 unspecified atom stereocenters. The maximum Gasteiger partial charge on any atom is 0.228 e. The van der Waals surface area contributed by atoms with E-state index in [0.29, 0.717) is 56.2 Å².